The summed E-state index contributed by atoms with van der Waals surface area (Å²) in [5, 5.41) is 13.9. The van der Waals surface area contributed by atoms with Gasteiger partial charge in [-0.05, 0) is 41.8 Å². The Morgan fingerprint density at radius 1 is 1.07 bits per heavy atom. The van der Waals surface area contributed by atoms with E-state index in [0.29, 0.717) is 11.4 Å². The number of benzene rings is 2. The van der Waals surface area contributed by atoms with E-state index in [9.17, 15) is 18.7 Å². The van der Waals surface area contributed by atoms with Crippen molar-refractivity contribution in [1.29, 1.82) is 0 Å². The van der Waals surface area contributed by atoms with E-state index in [1.54, 1.807) is 24.3 Å². The highest BCUT2D eigenvalue weighted by atomic mass is 35.5. The van der Waals surface area contributed by atoms with Crippen LogP contribution in [0.1, 0.15) is 29.6 Å². The molecule has 2 saturated heterocycles. The SMILES string of the molecule is O=C(O)C1CC(c2ccc(OC(F)F)cc2)NC2NNC(c3ccc(Cl)cc3)C21. The van der Waals surface area contributed by atoms with Crippen LogP contribution in [0.5, 0.6) is 5.75 Å². The van der Waals surface area contributed by atoms with Gasteiger partial charge in [0.05, 0.1) is 18.1 Å². The summed E-state index contributed by atoms with van der Waals surface area (Å²) in [5.74, 6) is -1.62. The van der Waals surface area contributed by atoms with Crippen molar-refractivity contribution in [2.75, 3.05) is 0 Å². The van der Waals surface area contributed by atoms with Gasteiger partial charge in [-0.2, -0.15) is 8.78 Å². The number of rotatable bonds is 5. The molecule has 0 radical (unpaired) electrons. The van der Waals surface area contributed by atoms with Crippen molar-refractivity contribution in [3.05, 3.63) is 64.7 Å². The van der Waals surface area contributed by atoms with Gasteiger partial charge in [-0.15, -0.1) is 0 Å². The second-order valence-corrected chi connectivity index (χ2v) is 7.66. The smallest absolute Gasteiger partial charge is 0.387 e. The highest BCUT2D eigenvalue weighted by molar-refractivity contribution is 6.30. The van der Waals surface area contributed by atoms with Gasteiger partial charge in [-0.3, -0.25) is 10.1 Å². The molecule has 2 heterocycles. The van der Waals surface area contributed by atoms with Crippen molar-refractivity contribution in [3.8, 4) is 5.75 Å². The fraction of sp³-hybridized carbons (Fsp3) is 0.350. The average molecular weight is 424 g/mol. The first-order valence-electron chi connectivity index (χ1n) is 9.22. The normalized spacial score (nSPS) is 28.9. The zero-order valence-corrected chi connectivity index (χ0v) is 15.9. The van der Waals surface area contributed by atoms with Crippen LogP contribution in [0.4, 0.5) is 8.78 Å². The van der Waals surface area contributed by atoms with E-state index < -0.39 is 18.5 Å². The van der Waals surface area contributed by atoms with E-state index in [0.717, 1.165) is 11.1 Å². The summed E-state index contributed by atoms with van der Waals surface area (Å²) in [6.45, 7) is -2.88. The third-order valence-corrected chi connectivity index (χ3v) is 5.81. The summed E-state index contributed by atoms with van der Waals surface area (Å²) < 4.78 is 29.1. The molecular formula is C20H20ClF2N3O3. The number of hydrazine groups is 1. The van der Waals surface area contributed by atoms with E-state index in [1.165, 1.54) is 12.1 Å². The predicted octanol–water partition coefficient (Wildman–Crippen LogP) is 3.47. The summed E-state index contributed by atoms with van der Waals surface area (Å²) in [7, 11) is 0. The first-order chi connectivity index (χ1) is 13.9. The number of carboxylic acid groups (broad SMARTS) is 1. The van der Waals surface area contributed by atoms with Crippen molar-refractivity contribution in [2.24, 2.45) is 11.8 Å². The van der Waals surface area contributed by atoms with Gasteiger partial charge in [0.1, 0.15) is 5.75 Å². The van der Waals surface area contributed by atoms with Crippen LogP contribution in [0.3, 0.4) is 0 Å². The Bertz CT molecular complexity index is 866. The number of aliphatic carboxylic acids is 1. The Balaban J connectivity index is 1.55. The largest absolute Gasteiger partial charge is 0.481 e. The minimum absolute atomic E-state index is 0.0654. The molecule has 9 heteroatoms. The van der Waals surface area contributed by atoms with Crippen molar-refractivity contribution < 1.29 is 23.4 Å². The molecule has 0 spiro atoms. The first kappa shape index (κ1) is 20.0. The number of hydrogen-bond donors (Lipinski definition) is 4. The highest BCUT2D eigenvalue weighted by Gasteiger charge is 2.49. The minimum Gasteiger partial charge on any atom is -0.481 e. The van der Waals surface area contributed by atoms with Crippen molar-refractivity contribution in [2.45, 2.75) is 31.3 Å². The Morgan fingerprint density at radius 3 is 2.34 bits per heavy atom. The maximum absolute atomic E-state index is 12.3. The van der Waals surface area contributed by atoms with Crippen LogP contribution in [-0.2, 0) is 4.79 Å². The van der Waals surface area contributed by atoms with E-state index in [4.69, 9.17) is 11.6 Å². The van der Waals surface area contributed by atoms with Crippen LogP contribution in [0.2, 0.25) is 5.02 Å². The Kier molecular flexibility index (Phi) is 5.69. The molecule has 2 aliphatic heterocycles. The quantitative estimate of drug-likeness (QED) is 0.589. The van der Waals surface area contributed by atoms with E-state index in [-0.39, 0.29) is 29.9 Å². The molecule has 5 atom stereocenters. The van der Waals surface area contributed by atoms with Crippen LogP contribution in [-0.4, -0.2) is 23.9 Å². The molecule has 6 nitrogen and oxygen atoms in total. The standard InChI is InChI=1S/C20H20ClF2N3O3/c21-12-5-1-11(2-6-12)17-16-14(19(27)28)9-15(24-18(16)26-25-17)10-3-7-13(8-4-10)29-20(22)23/h1-8,14-18,20,24-26H,9H2,(H,27,28). The van der Waals surface area contributed by atoms with Gasteiger partial charge in [0, 0.05) is 17.0 Å². The van der Waals surface area contributed by atoms with Crippen molar-refractivity contribution in [1.82, 2.24) is 16.2 Å². The van der Waals surface area contributed by atoms with Crippen LogP contribution < -0.4 is 20.9 Å². The van der Waals surface area contributed by atoms with E-state index in [2.05, 4.69) is 20.9 Å². The number of ether oxygens (including phenoxy) is 1. The molecule has 2 fully saturated rings. The van der Waals surface area contributed by atoms with Gasteiger partial charge in [0.25, 0.3) is 0 Å². The number of alkyl halides is 2. The maximum Gasteiger partial charge on any atom is 0.387 e. The molecule has 154 valence electrons. The number of carboxylic acids is 1. The lowest BCUT2D eigenvalue weighted by Crippen LogP contribution is -2.53. The molecule has 4 rings (SSSR count). The molecule has 4 N–H and O–H groups in total. The van der Waals surface area contributed by atoms with Gasteiger partial charge in [0.2, 0.25) is 0 Å². The number of nitrogens with one attached hydrogen (secondary N) is 3. The van der Waals surface area contributed by atoms with Gasteiger partial charge in [-0.25, -0.2) is 10.9 Å². The van der Waals surface area contributed by atoms with Crippen molar-refractivity contribution >= 4 is 17.6 Å². The van der Waals surface area contributed by atoms with E-state index >= 15 is 0 Å². The molecule has 0 amide bonds. The molecule has 5 unspecified atom stereocenters. The monoisotopic (exact) mass is 423 g/mol. The number of hydrogen-bond acceptors (Lipinski definition) is 5. The van der Waals surface area contributed by atoms with Crippen LogP contribution in [0.15, 0.2) is 48.5 Å². The number of piperidine rings is 1. The third-order valence-electron chi connectivity index (χ3n) is 5.55. The molecule has 29 heavy (non-hydrogen) atoms. The lowest BCUT2D eigenvalue weighted by molar-refractivity contribution is -0.146. The lowest BCUT2D eigenvalue weighted by Gasteiger charge is -2.39. The first-order valence-corrected chi connectivity index (χ1v) is 9.60. The molecule has 2 aromatic rings. The van der Waals surface area contributed by atoms with Gasteiger partial charge in [-0.1, -0.05) is 35.9 Å². The fourth-order valence-corrected chi connectivity index (χ4v) is 4.36. The highest BCUT2D eigenvalue weighted by Crippen LogP contribution is 2.42. The second-order valence-electron chi connectivity index (χ2n) is 7.22. The van der Waals surface area contributed by atoms with Gasteiger partial charge in [0.15, 0.2) is 0 Å². The number of carbonyl (C=O) groups is 1. The predicted molar refractivity (Wildman–Crippen MR) is 102 cm³/mol. The van der Waals surface area contributed by atoms with Gasteiger partial charge < -0.3 is 9.84 Å². The Morgan fingerprint density at radius 2 is 1.72 bits per heavy atom. The Labute approximate surface area is 171 Å². The zero-order chi connectivity index (χ0) is 20.5. The summed E-state index contributed by atoms with van der Waals surface area (Å²) in [6, 6.07) is 13.2. The zero-order valence-electron chi connectivity index (χ0n) is 15.2. The van der Waals surface area contributed by atoms with Crippen LogP contribution >= 0.6 is 11.6 Å². The maximum atomic E-state index is 12.3. The molecule has 0 saturated carbocycles. The van der Waals surface area contributed by atoms with Crippen LogP contribution in [0, 0.1) is 11.8 Å². The third kappa shape index (κ3) is 4.20. The second kappa shape index (κ2) is 8.23. The summed E-state index contributed by atoms with van der Waals surface area (Å²) >= 11 is 5.97. The average Bonchev–Trinajstić information content (AvgIpc) is 3.12. The summed E-state index contributed by atoms with van der Waals surface area (Å²) in [5.41, 5.74) is 8.13. The molecule has 2 aliphatic rings. The molecule has 0 aromatic heterocycles. The van der Waals surface area contributed by atoms with Gasteiger partial charge >= 0.3 is 12.6 Å². The summed E-state index contributed by atoms with van der Waals surface area (Å²) in [4.78, 5) is 12.1. The molecule has 0 bridgehead atoms. The fourth-order valence-electron chi connectivity index (χ4n) is 4.23. The molecule has 0 aliphatic carbocycles. The molecular weight excluding hydrogens is 404 g/mol. The van der Waals surface area contributed by atoms with Crippen molar-refractivity contribution in [3.63, 3.8) is 0 Å². The summed E-state index contributed by atoms with van der Waals surface area (Å²) in [6.07, 6.45) is 0.103. The van der Waals surface area contributed by atoms with Crippen LogP contribution in [0.25, 0.3) is 0 Å². The number of fused-ring (bicyclic) bond motifs is 1. The lowest BCUT2D eigenvalue weighted by atomic mass is 9.75. The number of halogens is 3. The Hall–Kier alpha value is -2.26. The molecule has 2 aromatic carbocycles. The van der Waals surface area contributed by atoms with E-state index in [1.807, 2.05) is 12.1 Å². The minimum atomic E-state index is -2.88. The topological polar surface area (TPSA) is 82.6 Å².